The van der Waals surface area contributed by atoms with Crippen molar-refractivity contribution in [3.05, 3.63) is 35.4 Å². The molecule has 1 heterocycles. The molecule has 102 valence electrons. The molecule has 1 fully saturated rings. The van der Waals surface area contributed by atoms with Crippen LogP contribution in [0.2, 0.25) is 0 Å². The largest absolute Gasteiger partial charge is 0.460 e. The molecule has 1 aliphatic rings. The van der Waals surface area contributed by atoms with E-state index in [1.807, 2.05) is 12.1 Å². The van der Waals surface area contributed by atoms with Gasteiger partial charge in [-0.15, -0.1) is 0 Å². The quantitative estimate of drug-likeness (QED) is 0.511. The van der Waals surface area contributed by atoms with E-state index >= 15 is 0 Å². The summed E-state index contributed by atoms with van der Waals surface area (Å²) >= 11 is 0. The minimum atomic E-state index is -0.780. The smallest absolute Gasteiger partial charge is 0.379 e. The Labute approximate surface area is 113 Å². The fraction of sp³-hybridized carbons (Fsp3) is 0.467. The van der Waals surface area contributed by atoms with Gasteiger partial charge >= 0.3 is 5.97 Å². The number of benzene rings is 1. The number of hydrogen-bond acceptors (Lipinski definition) is 4. The van der Waals surface area contributed by atoms with Crippen molar-refractivity contribution in [2.75, 3.05) is 19.7 Å². The summed E-state index contributed by atoms with van der Waals surface area (Å²) in [5.41, 5.74) is 1.64. The predicted octanol–water partition coefficient (Wildman–Crippen LogP) is 1.90. The molecule has 1 N–H and O–H groups in total. The lowest BCUT2D eigenvalue weighted by Crippen LogP contribution is -2.26. The third kappa shape index (κ3) is 3.41. The number of rotatable bonds is 4. The van der Waals surface area contributed by atoms with Crippen molar-refractivity contribution in [2.45, 2.75) is 25.7 Å². The van der Waals surface area contributed by atoms with Crippen LogP contribution in [0.1, 0.15) is 41.6 Å². The van der Waals surface area contributed by atoms with Crippen molar-refractivity contribution in [1.82, 2.24) is 5.32 Å². The van der Waals surface area contributed by atoms with Gasteiger partial charge in [0, 0.05) is 5.56 Å². The van der Waals surface area contributed by atoms with Gasteiger partial charge in [0.1, 0.15) is 0 Å². The first-order valence-corrected chi connectivity index (χ1v) is 6.74. The highest BCUT2D eigenvalue weighted by molar-refractivity contribution is 6.40. The normalized spacial score (nSPS) is 16.1. The van der Waals surface area contributed by atoms with Crippen molar-refractivity contribution in [3.8, 4) is 0 Å². The van der Waals surface area contributed by atoms with Crippen molar-refractivity contribution in [2.24, 2.45) is 0 Å². The highest BCUT2D eigenvalue weighted by Crippen LogP contribution is 2.25. The Morgan fingerprint density at radius 3 is 2.42 bits per heavy atom. The monoisotopic (exact) mass is 261 g/mol. The maximum absolute atomic E-state index is 11.7. The molecule has 0 aromatic heterocycles. The van der Waals surface area contributed by atoms with Crippen LogP contribution in [-0.4, -0.2) is 31.4 Å². The molecule has 0 atom stereocenters. The third-order valence-corrected chi connectivity index (χ3v) is 3.44. The molecule has 19 heavy (non-hydrogen) atoms. The van der Waals surface area contributed by atoms with Crippen LogP contribution in [0.5, 0.6) is 0 Å². The molecule has 0 spiro atoms. The summed E-state index contributed by atoms with van der Waals surface area (Å²) in [4.78, 5) is 23.1. The molecular formula is C15H19NO3. The maximum atomic E-state index is 11.7. The average Bonchev–Trinajstić information content (AvgIpc) is 2.48. The number of nitrogens with one attached hydrogen (secondary N) is 1. The molecule has 1 aliphatic heterocycles. The number of carbonyl (C=O) groups is 2. The van der Waals surface area contributed by atoms with Gasteiger partial charge in [-0.3, -0.25) is 4.79 Å². The fourth-order valence-electron chi connectivity index (χ4n) is 2.38. The van der Waals surface area contributed by atoms with E-state index < -0.39 is 11.8 Å². The molecule has 1 saturated heterocycles. The first-order valence-electron chi connectivity index (χ1n) is 6.74. The van der Waals surface area contributed by atoms with Gasteiger partial charge in [-0.2, -0.15) is 0 Å². The Kier molecular flexibility index (Phi) is 4.68. The van der Waals surface area contributed by atoms with E-state index in [2.05, 4.69) is 5.32 Å². The zero-order valence-corrected chi connectivity index (χ0v) is 11.1. The molecule has 2 rings (SSSR count). The summed E-state index contributed by atoms with van der Waals surface area (Å²) in [6.07, 6.45) is 2.23. The Morgan fingerprint density at radius 2 is 1.84 bits per heavy atom. The van der Waals surface area contributed by atoms with Gasteiger partial charge in [-0.05, 0) is 44.3 Å². The number of carbonyl (C=O) groups excluding carboxylic acids is 2. The molecular weight excluding hydrogens is 242 g/mol. The molecule has 0 amide bonds. The van der Waals surface area contributed by atoms with Crippen molar-refractivity contribution < 1.29 is 14.3 Å². The molecule has 1 aromatic rings. The Morgan fingerprint density at radius 1 is 1.21 bits per heavy atom. The Hall–Kier alpha value is -1.68. The van der Waals surface area contributed by atoms with Crippen molar-refractivity contribution >= 4 is 11.8 Å². The zero-order valence-electron chi connectivity index (χ0n) is 11.1. The third-order valence-electron chi connectivity index (χ3n) is 3.44. The SMILES string of the molecule is CCOC(=O)C(=O)c1ccc(C2CCNCC2)cc1. The molecule has 0 saturated carbocycles. The second kappa shape index (κ2) is 6.48. The van der Waals surface area contributed by atoms with E-state index in [1.54, 1.807) is 19.1 Å². The van der Waals surface area contributed by atoms with Crippen molar-refractivity contribution in [1.29, 1.82) is 0 Å². The lowest BCUT2D eigenvalue weighted by Gasteiger charge is -2.23. The lowest BCUT2D eigenvalue weighted by molar-refractivity contribution is -0.137. The number of ketones is 1. The van der Waals surface area contributed by atoms with Crippen LogP contribution in [0.15, 0.2) is 24.3 Å². The molecule has 0 unspecified atom stereocenters. The van der Waals surface area contributed by atoms with Crippen molar-refractivity contribution in [3.63, 3.8) is 0 Å². The van der Waals surface area contributed by atoms with Crippen LogP contribution in [0.4, 0.5) is 0 Å². The summed E-state index contributed by atoms with van der Waals surface area (Å²) in [6.45, 7) is 3.98. The van der Waals surface area contributed by atoms with Gasteiger partial charge in [0.2, 0.25) is 0 Å². The van der Waals surface area contributed by atoms with E-state index in [0.29, 0.717) is 11.5 Å². The minimum absolute atomic E-state index is 0.220. The fourth-order valence-corrected chi connectivity index (χ4v) is 2.38. The lowest BCUT2D eigenvalue weighted by atomic mass is 9.89. The van der Waals surface area contributed by atoms with Gasteiger partial charge in [-0.25, -0.2) is 4.79 Å². The number of ether oxygens (including phenoxy) is 1. The second-order valence-electron chi connectivity index (χ2n) is 4.70. The Balaban J connectivity index is 2.05. The van der Waals surface area contributed by atoms with Crippen LogP contribution >= 0.6 is 0 Å². The summed E-state index contributed by atoms with van der Waals surface area (Å²) in [5.74, 6) is -0.802. The molecule has 0 bridgehead atoms. The second-order valence-corrected chi connectivity index (χ2v) is 4.70. The van der Waals surface area contributed by atoms with Crippen LogP contribution in [0.3, 0.4) is 0 Å². The summed E-state index contributed by atoms with van der Waals surface area (Å²) in [5, 5.41) is 3.33. The average molecular weight is 261 g/mol. The summed E-state index contributed by atoms with van der Waals surface area (Å²) in [6, 6.07) is 7.33. The van der Waals surface area contributed by atoms with Crippen LogP contribution in [0, 0.1) is 0 Å². The topological polar surface area (TPSA) is 55.4 Å². The summed E-state index contributed by atoms with van der Waals surface area (Å²) < 4.78 is 4.71. The van der Waals surface area contributed by atoms with E-state index in [0.717, 1.165) is 25.9 Å². The van der Waals surface area contributed by atoms with Crippen LogP contribution in [-0.2, 0) is 9.53 Å². The van der Waals surface area contributed by atoms with Gasteiger partial charge in [-0.1, -0.05) is 24.3 Å². The highest BCUT2D eigenvalue weighted by Gasteiger charge is 2.19. The van der Waals surface area contributed by atoms with Gasteiger partial charge in [0.25, 0.3) is 5.78 Å². The predicted molar refractivity (Wildman–Crippen MR) is 72.3 cm³/mol. The number of Topliss-reactive ketones (excluding diaryl/α,β-unsaturated/α-hetero) is 1. The van der Waals surface area contributed by atoms with E-state index in [1.165, 1.54) is 5.56 Å². The minimum Gasteiger partial charge on any atom is -0.460 e. The summed E-state index contributed by atoms with van der Waals surface area (Å²) in [7, 11) is 0. The van der Waals surface area contributed by atoms with Gasteiger partial charge in [0.15, 0.2) is 0 Å². The zero-order chi connectivity index (χ0) is 13.7. The van der Waals surface area contributed by atoms with E-state index in [4.69, 9.17) is 4.74 Å². The molecule has 0 aliphatic carbocycles. The molecule has 0 radical (unpaired) electrons. The Bertz CT molecular complexity index is 447. The number of esters is 1. The van der Waals surface area contributed by atoms with E-state index in [-0.39, 0.29) is 6.61 Å². The number of piperidine rings is 1. The van der Waals surface area contributed by atoms with Crippen LogP contribution in [0.25, 0.3) is 0 Å². The first kappa shape index (κ1) is 13.7. The van der Waals surface area contributed by atoms with Crippen LogP contribution < -0.4 is 5.32 Å². The standard InChI is InChI=1S/C15H19NO3/c1-2-19-15(18)14(17)13-5-3-11(4-6-13)12-7-9-16-10-8-12/h3-6,12,16H,2,7-10H2,1H3. The molecule has 1 aromatic carbocycles. The first-order chi connectivity index (χ1) is 9.22. The maximum Gasteiger partial charge on any atom is 0.379 e. The molecule has 4 heteroatoms. The van der Waals surface area contributed by atoms with Gasteiger partial charge < -0.3 is 10.1 Å². The highest BCUT2D eigenvalue weighted by atomic mass is 16.5. The van der Waals surface area contributed by atoms with E-state index in [9.17, 15) is 9.59 Å². The molecule has 4 nitrogen and oxygen atoms in total. The number of hydrogen-bond donors (Lipinski definition) is 1. The van der Waals surface area contributed by atoms with Gasteiger partial charge in [0.05, 0.1) is 6.61 Å².